The van der Waals surface area contributed by atoms with Gasteiger partial charge in [0, 0.05) is 51.2 Å². The Morgan fingerprint density at radius 3 is 1.71 bits per heavy atom. The molecule has 0 radical (unpaired) electrons. The average Bonchev–Trinajstić information content (AvgIpc) is 2.75. The molecule has 0 aliphatic carbocycles. The van der Waals surface area contributed by atoms with Crippen LogP contribution < -0.4 is 0 Å². The van der Waals surface area contributed by atoms with E-state index in [1.807, 2.05) is 27.7 Å². The van der Waals surface area contributed by atoms with Crippen LogP contribution in [0.4, 0.5) is 0 Å². The molecule has 0 unspecified atom stereocenters. The molecule has 0 aromatic heterocycles. The third-order valence-electron chi connectivity index (χ3n) is 6.49. The van der Waals surface area contributed by atoms with E-state index in [1.165, 1.54) is 27.7 Å². The molecular weight excluding hydrogens is 480 g/mol. The van der Waals surface area contributed by atoms with Crippen molar-refractivity contribution in [3.8, 4) is 0 Å². The second-order valence-corrected chi connectivity index (χ2v) is 10.4. The van der Waals surface area contributed by atoms with E-state index < -0.39 is 54.9 Å². The summed E-state index contributed by atoms with van der Waals surface area (Å²) in [6.45, 7) is 13.0. The summed E-state index contributed by atoms with van der Waals surface area (Å²) in [6.07, 6.45) is -4.52. The van der Waals surface area contributed by atoms with Crippen molar-refractivity contribution in [3.05, 3.63) is 0 Å². The van der Waals surface area contributed by atoms with Gasteiger partial charge in [-0.25, -0.2) is 0 Å². The van der Waals surface area contributed by atoms with Crippen LogP contribution in [0, 0.1) is 17.8 Å². The van der Waals surface area contributed by atoms with E-state index in [4.69, 9.17) is 28.4 Å². The zero-order valence-corrected chi connectivity index (χ0v) is 22.5. The highest BCUT2D eigenvalue weighted by atomic mass is 32.2. The van der Waals surface area contributed by atoms with Gasteiger partial charge in [0.05, 0.1) is 6.10 Å². The van der Waals surface area contributed by atoms with Crippen molar-refractivity contribution in [2.75, 3.05) is 5.75 Å². The average molecular weight is 519 g/mol. The Balaban J connectivity index is 2.32. The summed E-state index contributed by atoms with van der Waals surface area (Å²) >= 11 is 1.07. The molecule has 200 valence electrons. The van der Waals surface area contributed by atoms with Crippen LogP contribution in [0.5, 0.6) is 0 Å². The number of thioether (sulfide) groups is 1. The molecule has 0 bridgehead atoms. The zero-order chi connectivity index (χ0) is 26.4. The lowest BCUT2D eigenvalue weighted by Gasteiger charge is -2.48. The van der Waals surface area contributed by atoms with Crippen molar-refractivity contribution in [3.63, 3.8) is 0 Å². The van der Waals surface area contributed by atoms with Gasteiger partial charge in [0.15, 0.2) is 17.5 Å². The predicted molar refractivity (Wildman–Crippen MR) is 126 cm³/mol. The summed E-state index contributed by atoms with van der Waals surface area (Å²) in [7, 11) is 0. The molecule has 0 aromatic rings. The molecular formula is C24H38O10S. The molecule has 0 aromatic carbocycles. The summed E-state index contributed by atoms with van der Waals surface area (Å²) in [4.78, 5) is 47.1. The third kappa shape index (κ3) is 7.90. The molecule has 10 atom stereocenters. The van der Waals surface area contributed by atoms with E-state index in [1.54, 1.807) is 0 Å². The third-order valence-corrected chi connectivity index (χ3v) is 7.39. The second-order valence-electron chi connectivity index (χ2n) is 9.23. The molecule has 0 N–H and O–H groups in total. The first-order chi connectivity index (χ1) is 16.3. The quantitative estimate of drug-likeness (QED) is 0.348. The Morgan fingerprint density at radius 2 is 1.20 bits per heavy atom. The van der Waals surface area contributed by atoms with Crippen molar-refractivity contribution in [1.29, 1.82) is 0 Å². The van der Waals surface area contributed by atoms with E-state index >= 15 is 0 Å². The summed E-state index contributed by atoms with van der Waals surface area (Å²) in [5.41, 5.74) is 0. The number of carbonyl (C=O) groups is 4. The maximum atomic E-state index is 11.9. The van der Waals surface area contributed by atoms with Gasteiger partial charge < -0.3 is 28.4 Å². The van der Waals surface area contributed by atoms with Crippen LogP contribution in [-0.2, 0) is 47.6 Å². The molecule has 2 saturated heterocycles. The largest absolute Gasteiger partial charge is 0.459 e. The predicted octanol–water partition coefficient (Wildman–Crippen LogP) is 2.85. The first kappa shape index (κ1) is 29.5. The van der Waals surface area contributed by atoms with Gasteiger partial charge in [0.2, 0.25) is 6.29 Å². The van der Waals surface area contributed by atoms with Gasteiger partial charge in [-0.1, -0.05) is 39.5 Å². The van der Waals surface area contributed by atoms with Crippen LogP contribution >= 0.6 is 11.8 Å². The summed E-state index contributed by atoms with van der Waals surface area (Å²) in [6, 6.07) is 0. The smallest absolute Gasteiger partial charge is 0.303 e. The molecule has 0 amide bonds. The van der Waals surface area contributed by atoms with E-state index in [-0.39, 0.29) is 34.7 Å². The molecule has 0 spiro atoms. The maximum absolute atomic E-state index is 11.9. The van der Waals surface area contributed by atoms with E-state index in [2.05, 4.69) is 0 Å². The maximum Gasteiger partial charge on any atom is 0.303 e. The summed E-state index contributed by atoms with van der Waals surface area (Å²) < 4.78 is 35.2. The van der Waals surface area contributed by atoms with E-state index in [0.717, 1.165) is 11.8 Å². The Labute approximate surface area is 211 Å². The Bertz CT molecular complexity index is 773. The Kier molecular flexibility index (Phi) is 11.0. The SMILES string of the molecule is CC[C@H]1O[C@H](O[C@H]2O[C@H](CSC(C)=O)[C@@H](OC(C)=O)[C@H](C)[C@H]2C)[C@H](OC(C)=O)[C@@H](OC(C)=O)[C@@H]1C. The number of rotatable bonds is 8. The van der Waals surface area contributed by atoms with E-state index in [9.17, 15) is 19.2 Å². The normalized spacial score (nSPS) is 37.3. The van der Waals surface area contributed by atoms with Gasteiger partial charge in [-0.05, 0) is 6.42 Å². The van der Waals surface area contributed by atoms with Gasteiger partial charge in [0.1, 0.15) is 18.3 Å². The fourth-order valence-corrected chi connectivity index (χ4v) is 5.22. The molecule has 2 heterocycles. The fraction of sp³-hybridized carbons (Fsp3) is 0.833. The lowest BCUT2D eigenvalue weighted by molar-refractivity contribution is -0.357. The van der Waals surface area contributed by atoms with Crippen molar-refractivity contribution in [2.45, 2.75) is 105 Å². The molecule has 2 aliphatic heterocycles. The lowest BCUT2D eigenvalue weighted by Crippen LogP contribution is -2.60. The standard InChI is InChI=1S/C24H38O10S/c1-9-18-13(4)21(30-15(6)26)22(31-16(7)27)24(32-18)34-23-12(3)11(2)20(29-14(5)25)19(33-23)10-35-17(8)28/h11-13,18-24H,9-10H2,1-8H3/t11-,12-,13-,18-,19-,20+,21+,22-,23-,24-/m1/s1. The minimum Gasteiger partial charge on any atom is -0.459 e. The van der Waals surface area contributed by atoms with Gasteiger partial charge in [0.25, 0.3) is 0 Å². The van der Waals surface area contributed by atoms with Crippen LogP contribution in [0.3, 0.4) is 0 Å². The molecule has 2 rings (SSSR count). The Hall–Kier alpha value is -1.69. The minimum absolute atomic E-state index is 0.0894. The van der Waals surface area contributed by atoms with Crippen LogP contribution in [0.15, 0.2) is 0 Å². The fourth-order valence-electron chi connectivity index (χ4n) is 4.55. The Morgan fingerprint density at radius 1 is 0.686 bits per heavy atom. The number of hydrogen-bond donors (Lipinski definition) is 0. The highest BCUT2D eigenvalue weighted by Crippen LogP contribution is 2.38. The van der Waals surface area contributed by atoms with Gasteiger partial charge in [-0.15, -0.1) is 0 Å². The first-order valence-corrected chi connectivity index (χ1v) is 13.0. The van der Waals surface area contributed by atoms with Crippen molar-refractivity contribution in [2.24, 2.45) is 17.8 Å². The molecule has 35 heavy (non-hydrogen) atoms. The molecule has 2 aliphatic rings. The van der Waals surface area contributed by atoms with Gasteiger partial charge in [-0.2, -0.15) is 0 Å². The summed E-state index contributed by atoms with van der Waals surface area (Å²) in [5.74, 6) is -1.90. The van der Waals surface area contributed by atoms with Crippen LogP contribution in [-0.4, -0.2) is 71.9 Å². The number of carbonyl (C=O) groups excluding carboxylic acids is 4. The molecule has 0 saturated carbocycles. The molecule has 11 heteroatoms. The number of esters is 3. The van der Waals surface area contributed by atoms with Gasteiger partial charge >= 0.3 is 17.9 Å². The topological polar surface area (TPSA) is 124 Å². The number of ether oxygens (including phenoxy) is 6. The first-order valence-electron chi connectivity index (χ1n) is 12.0. The van der Waals surface area contributed by atoms with Crippen LogP contribution in [0.25, 0.3) is 0 Å². The van der Waals surface area contributed by atoms with Gasteiger partial charge in [-0.3, -0.25) is 19.2 Å². The van der Waals surface area contributed by atoms with Crippen molar-refractivity contribution in [1.82, 2.24) is 0 Å². The van der Waals surface area contributed by atoms with E-state index in [0.29, 0.717) is 6.42 Å². The zero-order valence-electron chi connectivity index (χ0n) is 21.7. The molecule has 10 nitrogen and oxygen atoms in total. The highest BCUT2D eigenvalue weighted by Gasteiger charge is 2.51. The summed E-state index contributed by atoms with van der Waals surface area (Å²) in [5, 5.41) is -0.0894. The van der Waals surface area contributed by atoms with Crippen LogP contribution in [0.2, 0.25) is 0 Å². The van der Waals surface area contributed by atoms with Crippen LogP contribution in [0.1, 0.15) is 61.8 Å². The van der Waals surface area contributed by atoms with Crippen molar-refractivity contribution >= 4 is 34.8 Å². The minimum atomic E-state index is -1.06. The second kappa shape index (κ2) is 13.0. The molecule has 2 fully saturated rings. The lowest BCUT2D eigenvalue weighted by atomic mass is 9.84. The monoisotopic (exact) mass is 518 g/mol. The number of hydrogen-bond acceptors (Lipinski definition) is 11. The highest BCUT2D eigenvalue weighted by molar-refractivity contribution is 8.13. The van der Waals surface area contributed by atoms with Crippen molar-refractivity contribution < 1.29 is 47.6 Å².